The number of hydrogen-bond acceptors (Lipinski definition) is 5. The molecule has 0 radical (unpaired) electrons. The highest BCUT2D eigenvalue weighted by Crippen LogP contribution is 2.23. The minimum absolute atomic E-state index is 0.0145. The van der Waals surface area contributed by atoms with E-state index >= 15 is 0 Å². The number of ether oxygens (including phenoxy) is 1. The highest BCUT2D eigenvalue weighted by Gasteiger charge is 2.18. The van der Waals surface area contributed by atoms with E-state index in [2.05, 4.69) is 30.8 Å². The first-order chi connectivity index (χ1) is 14.9. The third-order valence-electron chi connectivity index (χ3n) is 5.04. The smallest absolute Gasteiger partial charge is 0.338 e. The van der Waals surface area contributed by atoms with Crippen molar-refractivity contribution in [3.05, 3.63) is 65.2 Å². The van der Waals surface area contributed by atoms with Crippen LogP contribution in [-0.2, 0) is 31.5 Å². The molecule has 1 atom stereocenters. The van der Waals surface area contributed by atoms with Gasteiger partial charge in [-0.05, 0) is 54.2 Å². The second-order valence-corrected chi connectivity index (χ2v) is 10.5. The van der Waals surface area contributed by atoms with Gasteiger partial charge >= 0.3 is 5.97 Å². The maximum Gasteiger partial charge on any atom is 0.338 e. The Morgan fingerprint density at radius 2 is 1.59 bits per heavy atom. The molecule has 0 bridgehead atoms. The van der Waals surface area contributed by atoms with Crippen LogP contribution in [0.15, 0.2) is 53.4 Å². The molecule has 0 aliphatic heterocycles. The van der Waals surface area contributed by atoms with Crippen LogP contribution in [0.4, 0.5) is 0 Å². The maximum absolute atomic E-state index is 12.6. The van der Waals surface area contributed by atoms with Gasteiger partial charge in [-0.3, -0.25) is 4.79 Å². The largest absolute Gasteiger partial charge is 0.452 e. The standard InChI is InChI=1S/C24H32N2O5S/c1-6-17(2)26-22(27)16-31-23(28)19-9-7-18(8-10-19)15-25-32(29,30)21-13-11-20(12-14-21)24(3,4)5/h7-14,17,25H,6,15-16H2,1-5H3,(H,26,27). The first-order valence-electron chi connectivity index (χ1n) is 10.6. The van der Waals surface area contributed by atoms with Gasteiger partial charge in [0.15, 0.2) is 6.61 Å². The lowest BCUT2D eigenvalue weighted by Gasteiger charge is -2.19. The third kappa shape index (κ3) is 7.46. The van der Waals surface area contributed by atoms with Crippen LogP contribution in [0, 0.1) is 0 Å². The number of amides is 1. The molecular weight excluding hydrogens is 428 g/mol. The Morgan fingerprint density at radius 1 is 1.00 bits per heavy atom. The van der Waals surface area contributed by atoms with Gasteiger partial charge in [-0.15, -0.1) is 0 Å². The van der Waals surface area contributed by atoms with Crippen molar-refractivity contribution in [2.24, 2.45) is 0 Å². The molecule has 0 spiro atoms. The van der Waals surface area contributed by atoms with Gasteiger partial charge in [0, 0.05) is 12.6 Å². The molecule has 174 valence electrons. The van der Waals surface area contributed by atoms with Crippen molar-refractivity contribution in [2.45, 2.75) is 63.9 Å². The van der Waals surface area contributed by atoms with Gasteiger partial charge in [0.25, 0.3) is 5.91 Å². The quantitative estimate of drug-likeness (QED) is 0.558. The molecule has 7 nitrogen and oxygen atoms in total. The number of rotatable bonds is 9. The SMILES string of the molecule is CCC(C)NC(=O)COC(=O)c1ccc(CNS(=O)(=O)c2ccc(C(C)(C)C)cc2)cc1. The van der Waals surface area contributed by atoms with E-state index in [0.29, 0.717) is 5.56 Å². The highest BCUT2D eigenvalue weighted by molar-refractivity contribution is 7.89. The molecule has 32 heavy (non-hydrogen) atoms. The van der Waals surface area contributed by atoms with E-state index < -0.39 is 16.0 Å². The number of nitrogens with one attached hydrogen (secondary N) is 2. The van der Waals surface area contributed by atoms with Crippen molar-refractivity contribution < 1.29 is 22.7 Å². The molecule has 0 aliphatic carbocycles. The average molecular weight is 461 g/mol. The Labute approximate surface area is 190 Å². The lowest BCUT2D eigenvalue weighted by molar-refractivity contribution is -0.124. The summed E-state index contributed by atoms with van der Waals surface area (Å²) in [6, 6.07) is 13.2. The van der Waals surface area contributed by atoms with Crippen molar-refractivity contribution in [3.63, 3.8) is 0 Å². The van der Waals surface area contributed by atoms with Crippen LogP contribution in [-0.4, -0.2) is 32.9 Å². The number of esters is 1. The van der Waals surface area contributed by atoms with Crippen LogP contribution < -0.4 is 10.0 Å². The predicted octanol–water partition coefficient (Wildman–Crippen LogP) is 3.53. The van der Waals surface area contributed by atoms with Crippen LogP contribution in [0.5, 0.6) is 0 Å². The monoisotopic (exact) mass is 460 g/mol. The fraction of sp³-hybridized carbons (Fsp3) is 0.417. The Bertz CT molecular complexity index is 1020. The first-order valence-corrected chi connectivity index (χ1v) is 12.1. The summed E-state index contributed by atoms with van der Waals surface area (Å²) < 4.78 is 32.7. The summed E-state index contributed by atoms with van der Waals surface area (Å²) in [5.74, 6) is -0.968. The molecule has 0 heterocycles. The molecule has 0 aliphatic rings. The average Bonchev–Trinajstić information content (AvgIpc) is 2.76. The van der Waals surface area contributed by atoms with Crippen LogP contribution in [0.3, 0.4) is 0 Å². The number of carbonyl (C=O) groups excluding carboxylic acids is 2. The minimum atomic E-state index is -3.66. The highest BCUT2D eigenvalue weighted by atomic mass is 32.2. The van der Waals surface area contributed by atoms with Crippen molar-refractivity contribution >= 4 is 21.9 Å². The van der Waals surface area contributed by atoms with Crippen molar-refractivity contribution in [1.82, 2.24) is 10.0 Å². The fourth-order valence-corrected chi connectivity index (χ4v) is 3.81. The lowest BCUT2D eigenvalue weighted by Crippen LogP contribution is -2.35. The Kier molecular flexibility index (Phi) is 8.58. The van der Waals surface area contributed by atoms with Gasteiger partial charge in [0.05, 0.1) is 10.5 Å². The molecule has 2 aromatic rings. The Morgan fingerprint density at radius 3 is 2.12 bits per heavy atom. The van der Waals surface area contributed by atoms with Crippen LogP contribution in [0.25, 0.3) is 0 Å². The van der Waals surface area contributed by atoms with Crippen molar-refractivity contribution in [1.29, 1.82) is 0 Å². The normalized spacial score (nSPS) is 12.8. The van der Waals surface area contributed by atoms with E-state index in [1.807, 2.05) is 26.0 Å². The minimum Gasteiger partial charge on any atom is -0.452 e. The van der Waals surface area contributed by atoms with E-state index in [0.717, 1.165) is 12.0 Å². The van der Waals surface area contributed by atoms with E-state index in [4.69, 9.17) is 4.74 Å². The molecule has 1 amide bonds. The van der Waals surface area contributed by atoms with Gasteiger partial charge in [-0.2, -0.15) is 0 Å². The molecule has 0 saturated carbocycles. The zero-order valence-electron chi connectivity index (χ0n) is 19.3. The van der Waals surface area contributed by atoms with Gasteiger partial charge < -0.3 is 10.1 Å². The van der Waals surface area contributed by atoms with Crippen molar-refractivity contribution in [2.75, 3.05) is 6.61 Å². The number of carbonyl (C=O) groups is 2. The van der Waals surface area contributed by atoms with E-state index in [1.165, 1.54) is 12.1 Å². The van der Waals surface area contributed by atoms with Gasteiger partial charge in [-0.25, -0.2) is 17.9 Å². The van der Waals surface area contributed by atoms with E-state index in [9.17, 15) is 18.0 Å². The molecule has 2 N–H and O–H groups in total. The van der Waals surface area contributed by atoms with E-state index in [1.54, 1.807) is 24.3 Å². The number of benzene rings is 2. The predicted molar refractivity (Wildman–Crippen MR) is 124 cm³/mol. The zero-order valence-corrected chi connectivity index (χ0v) is 20.1. The molecule has 1 unspecified atom stereocenters. The molecule has 2 rings (SSSR count). The second kappa shape index (κ2) is 10.7. The summed E-state index contributed by atoms with van der Waals surface area (Å²) in [4.78, 5) is 24.0. The summed E-state index contributed by atoms with van der Waals surface area (Å²) >= 11 is 0. The fourth-order valence-electron chi connectivity index (χ4n) is 2.79. The summed E-state index contributed by atoms with van der Waals surface area (Å²) in [7, 11) is -3.66. The molecule has 0 saturated heterocycles. The van der Waals surface area contributed by atoms with Crippen molar-refractivity contribution in [3.8, 4) is 0 Å². The van der Waals surface area contributed by atoms with Crippen LogP contribution in [0.1, 0.15) is 62.5 Å². The summed E-state index contributed by atoms with van der Waals surface area (Å²) in [6.07, 6.45) is 0.785. The Hall–Kier alpha value is -2.71. The summed E-state index contributed by atoms with van der Waals surface area (Å²) in [5.41, 5.74) is 1.96. The topological polar surface area (TPSA) is 102 Å². The third-order valence-corrected chi connectivity index (χ3v) is 6.46. The van der Waals surface area contributed by atoms with Crippen LogP contribution >= 0.6 is 0 Å². The van der Waals surface area contributed by atoms with Crippen LogP contribution in [0.2, 0.25) is 0 Å². The Balaban J connectivity index is 1.92. The first kappa shape index (κ1) is 25.5. The van der Waals surface area contributed by atoms with E-state index in [-0.39, 0.29) is 41.0 Å². The lowest BCUT2D eigenvalue weighted by atomic mass is 9.87. The molecule has 8 heteroatoms. The number of sulfonamides is 1. The second-order valence-electron chi connectivity index (χ2n) is 8.75. The maximum atomic E-state index is 12.6. The van der Waals surface area contributed by atoms with Gasteiger partial charge in [0.2, 0.25) is 10.0 Å². The number of hydrogen-bond donors (Lipinski definition) is 2. The summed E-state index contributed by atoms with van der Waals surface area (Å²) in [5, 5.41) is 2.72. The molecule has 0 aromatic heterocycles. The molecular formula is C24H32N2O5S. The zero-order chi connectivity index (χ0) is 23.9. The molecule has 2 aromatic carbocycles. The molecule has 0 fully saturated rings. The van der Waals surface area contributed by atoms with Gasteiger partial charge in [0.1, 0.15) is 0 Å². The van der Waals surface area contributed by atoms with Gasteiger partial charge in [-0.1, -0.05) is 52.0 Å². The summed E-state index contributed by atoms with van der Waals surface area (Å²) in [6.45, 7) is 9.74.